The molecule has 84 valence electrons. The number of imidazole rings is 1. The van der Waals surface area contributed by atoms with Crippen molar-refractivity contribution in [1.82, 2.24) is 14.3 Å². The molecular formula is C13H17N3. The first-order valence-electron chi connectivity index (χ1n) is 6.03. The first-order valence-corrected chi connectivity index (χ1v) is 6.03. The molecule has 0 radical (unpaired) electrons. The van der Waals surface area contributed by atoms with Crippen LogP contribution in [0.15, 0.2) is 30.6 Å². The Bertz CT molecular complexity index is 456. The van der Waals surface area contributed by atoms with Crippen LogP contribution < -0.4 is 0 Å². The van der Waals surface area contributed by atoms with E-state index in [0.29, 0.717) is 5.92 Å². The lowest BCUT2D eigenvalue weighted by atomic mass is 10.1. The second kappa shape index (κ2) is 3.91. The molecule has 1 unspecified atom stereocenters. The lowest BCUT2D eigenvalue weighted by Gasteiger charge is -2.11. The molecule has 0 N–H and O–H groups in total. The molecule has 0 amide bonds. The van der Waals surface area contributed by atoms with Crippen molar-refractivity contribution in [1.29, 1.82) is 0 Å². The number of likely N-dealkylation sites (N-methyl/N-ethyl adjacent to an activating group) is 1. The van der Waals surface area contributed by atoms with Crippen LogP contribution in [0.4, 0.5) is 0 Å². The van der Waals surface area contributed by atoms with Gasteiger partial charge in [-0.05, 0) is 31.6 Å². The average molecular weight is 215 g/mol. The fourth-order valence-corrected chi connectivity index (χ4v) is 2.51. The van der Waals surface area contributed by atoms with Gasteiger partial charge >= 0.3 is 0 Å². The summed E-state index contributed by atoms with van der Waals surface area (Å²) in [6, 6.07) is 6.15. The van der Waals surface area contributed by atoms with Gasteiger partial charge in [0.1, 0.15) is 5.65 Å². The first kappa shape index (κ1) is 9.85. The zero-order chi connectivity index (χ0) is 11.0. The van der Waals surface area contributed by atoms with Crippen molar-refractivity contribution in [3.8, 4) is 0 Å². The lowest BCUT2D eigenvalue weighted by molar-refractivity contribution is 0.353. The van der Waals surface area contributed by atoms with E-state index in [2.05, 4.69) is 34.7 Å². The minimum absolute atomic E-state index is 0.625. The van der Waals surface area contributed by atoms with Gasteiger partial charge in [-0.3, -0.25) is 0 Å². The molecule has 16 heavy (non-hydrogen) atoms. The summed E-state index contributed by atoms with van der Waals surface area (Å²) >= 11 is 0. The van der Waals surface area contributed by atoms with Crippen molar-refractivity contribution < 1.29 is 0 Å². The maximum atomic E-state index is 4.70. The van der Waals surface area contributed by atoms with Crippen LogP contribution in [-0.4, -0.2) is 33.9 Å². The van der Waals surface area contributed by atoms with Crippen LogP contribution in [0.1, 0.15) is 25.0 Å². The highest BCUT2D eigenvalue weighted by atomic mass is 15.1. The molecule has 0 bridgehead atoms. The summed E-state index contributed by atoms with van der Waals surface area (Å²) in [5.41, 5.74) is 2.31. The van der Waals surface area contributed by atoms with E-state index in [1.807, 2.05) is 12.1 Å². The molecule has 2 aromatic heterocycles. The third kappa shape index (κ3) is 1.61. The molecule has 3 rings (SSSR count). The summed E-state index contributed by atoms with van der Waals surface area (Å²) in [5.74, 6) is 0.625. The van der Waals surface area contributed by atoms with Crippen LogP contribution in [0.5, 0.6) is 0 Å². The Morgan fingerprint density at radius 3 is 3.12 bits per heavy atom. The molecule has 3 nitrogen and oxygen atoms in total. The molecule has 1 fully saturated rings. The van der Waals surface area contributed by atoms with Gasteiger partial charge in [-0.15, -0.1) is 0 Å². The number of aromatic nitrogens is 2. The molecule has 3 heteroatoms. The maximum Gasteiger partial charge on any atom is 0.136 e. The molecule has 0 aliphatic carbocycles. The fraction of sp³-hybridized carbons (Fsp3) is 0.462. The Balaban J connectivity index is 1.89. The zero-order valence-electron chi connectivity index (χ0n) is 9.63. The maximum absolute atomic E-state index is 4.70. The Morgan fingerprint density at radius 2 is 2.38 bits per heavy atom. The summed E-state index contributed by atoms with van der Waals surface area (Å²) < 4.78 is 2.12. The number of pyridine rings is 1. The van der Waals surface area contributed by atoms with Gasteiger partial charge in [-0.25, -0.2) is 4.98 Å². The summed E-state index contributed by atoms with van der Waals surface area (Å²) in [6.45, 7) is 5.77. The number of nitrogens with zero attached hydrogens (tertiary/aromatic N) is 3. The Kier molecular flexibility index (Phi) is 2.40. The van der Waals surface area contributed by atoms with Gasteiger partial charge in [0.25, 0.3) is 0 Å². The molecule has 3 heterocycles. The summed E-state index contributed by atoms with van der Waals surface area (Å²) in [5, 5.41) is 0. The van der Waals surface area contributed by atoms with E-state index in [0.717, 1.165) is 12.2 Å². The van der Waals surface area contributed by atoms with Gasteiger partial charge in [0.15, 0.2) is 0 Å². The third-order valence-electron chi connectivity index (χ3n) is 3.52. The second-order valence-corrected chi connectivity index (χ2v) is 4.51. The number of rotatable bonds is 2. The summed E-state index contributed by atoms with van der Waals surface area (Å²) in [6.07, 6.45) is 5.50. The molecule has 0 spiro atoms. The predicted octanol–water partition coefficient (Wildman–Crippen LogP) is 2.14. The van der Waals surface area contributed by atoms with Crippen molar-refractivity contribution in [2.24, 2.45) is 0 Å². The highest BCUT2D eigenvalue weighted by Gasteiger charge is 2.24. The number of hydrogen-bond donors (Lipinski definition) is 0. The lowest BCUT2D eigenvalue weighted by Crippen LogP contribution is -2.19. The standard InChI is InChI=1S/C13H17N3/c1-2-15-8-6-11(9-15)12-10-16-7-4-3-5-13(16)14-12/h3-5,7,10-11H,2,6,8-9H2,1H3. The molecule has 1 aliphatic heterocycles. The molecule has 0 aromatic carbocycles. The average Bonchev–Trinajstić information content (AvgIpc) is 2.95. The van der Waals surface area contributed by atoms with Crippen LogP contribution in [0, 0.1) is 0 Å². The van der Waals surface area contributed by atoms with Gasteiger partial charge in [-0.1, -0.05) is 13.0 Å². The molecule has 1 atom stereocenters. The molecule has 1 saturated heterocycles. The third-order valence-corrected chi connectivity index (χ3v) is 3.52. The van der Waals surface area contributed by atoms with E-state index < -0.39 is 0 Å². The van der Waals surface area contributed by atoms with Gasteiger partial charge in [0.2, 0.25) is 0 Å². The Labute approximate surface area is 95.7 Å². The predicted molar refractivity (Wildman–Crippen MR) is 64.7 cm³/mol. The van der Waals surface area contributed by atoms with Gasteiger partial charge in [0.05, 0.1) is 5.69 Å². The Hall–Kier alpha value is -1.35. The van der Waals surface area contributed by atoms with E-state index in [9.17, 15) is 0 Å². The zero-order valence-corrected chi connectivity index (χ0v) is 9.63. The van der Waals surface area contributed by atoms with Crippen LogP contribution in [0.2, 0.25) is 0 Å². The number of hydrogen-bond acceptors (Lipinski definition) is 2. The highest BCUT2D eigenvalue weighted by molar-refractivity contribution is 5.40. The van der Waals surface area contributed by atoms with E-state index in [1.54, 1.807) is 0 Å². The minimum Gasteiger partial charge on any atom is -0.307 e. The van der Waals surface area contributed by atoms with Gasteiger partial charge in [-0.2, -0.15) is 0 Å². The van der Waals surface area contributed by atoms with Crippen LogP contribution in [-0.2, 0) is 0 Å². The van der Waals surface area contributed by atoms with Crippen LogP contribution in [0.3, 0.4) is 0 Å². The fourth-order valence-electron chi connectivity index (χ4n) is 2.51. The largest absolute Gasteiger partial charge is 0.307 e. The summed E-state index contributed by atoms with van der Waals surface area (Å²) in [7, 11) is 0. The van der Waals surface area contributed by atoms with Crippen LogP contribution in [0.25, 0.3) is 5.65 Å². The number of fused-ring (bicyclic) bond motifs is 1. The van der Waals surface area contributed by atoms with Crippen molar-refractivity contribution in [2.75, 3.05) is 19.6 Å². The topological polar surface area (TPSA) is 20.5 Å². The summed E-state index contributed by atoms with van der Waals surface area (Å²) in [4.78, 5) is 7.19. The van der Waals surface area contributed by atoms with E-state index >= 15 is 0 Å². The van der Waals surface area contributed by atoms with Gasteiger partial charge in [0, 0.05) is 24.9 Å². The first-order chi connectivity index (χ1) is 7.86. The highest BCUT2D eigenvalue weighted by Crippen LogP contribution is 2.26. The van der Waals surface area contributed by atoms with Crippen molar-refractivity contribution in [3.63, 3.8) is 0 Å². The van der Waals surface area contributed by atoms with Crippen molar-refractivity contribution in [3.05, 3.63) is 36.3 Å². The monoisotopic (exact) mass is 215 g/mol. The molecule has 1 aliphatic rings. The molecular weight excluding hydrogens is 198 g/mol. The van der Waals surface area contributed by atoms with E-state index in [-0.39, 0.29) is 0 Å². The second-order valence-electron chi connectivity index (χ2n) is 4.51. The molecule has 2 aromatic rings. The number of likely N-dealkylation sites (tertiary alicyclic amines) is 1. The van der Waals surface area contributed by atoms with Gasteiger partial charge < -0.3 is 9.30 Å². The quantitative estimate of drug-likeness (QED) is 0.765. The normalized spacial score (nSPS) is 21.9. The smallest absolute Gasteiger partial charge is 0.136 e. The molecule has 0 saturated carbocycles. The van der Waals surface area contributed by atoms with Crippen molar-refractivity contribution in [2.45, 2.75) is 19.3 Å². The Morgan fingerprint density at radius 1 is 1.44 bits per heavy atom. The van der Waals surface area contributed by atoms with E-state index in [1.165, 1.54) is 25.2 Å². The SMILES string of the molecule is CCN1CCC(c2cn3ccccc3n2)C1. The van der Waals surface area contributed by atoms with Crippen molar-refractivity contribution >= 4 is 5.65 Å². The minimum atomic E-state index is 0.625. The van der Waals surface area contributed by atoms with Crippen LogP contribution >= 0.6 is 0 Å². The van der Waals surface area contributed by atoms with E-state index in [4.69, 9.17) is 4.98 Å².